The third kappa shape index (κ3) is 3.80. The summed E-state index contributed by atoms with van der Waals surface area (Å²) >= 11 is 0. The van der Waals surface area contributed by atoms with Crippen molar-refractivity contribution in [1.82, 2.24) is 0 Å². The fraction of sp³-hybridized carbons (Fsp3) is 0.562. The van der Waals surface area contributed by atoms with Gasteiger partial charge in [0.1, 0.15) is 12.1 Å². The molecule has 0 aromatic heterocycles. The normalized spacial score (nSPS) is 28.7. The second-order valence-corrected chi connectivity index (χ2v) is 5.86. The van der Waals surface area contributed by atoms with E-state index in [1.165, 1.54) is 6.42 Å². The summed E-state index contributed by atoms with van der Waals surface area (Å²) in [5.41, 5.74) is 6.76. The van der Waals surface area contributed by atoms with Gasteiger partial charge in [0.25, 0.3) is 0 Å². The molecule has 2 rings (SSSR count). The number of ether oxygens (including phenoxy) is 1. The lowest BCUT2D eigenvalue weighted by molar-refractivity contribution is -0.153. The van der Waals surface area contributed by atoms with E-state index in [1.54, 1.807) is 0 Å². The molecule has 19 heavy (non-hydrogen) atoms. The van der Waals surface area contributed by atoms with Gasteiger partial charge in [0, 0.05) is 0 Å². The molecular formula is C16H23NO2. The molecule has 3 heteroatoms. The van der Waals surface area contributed by atoms with Gasteiger partial charge in [-0.15, -0.1) is 0 Å². The summed E-state index contributed by atoms with van der Waals surface area (Å²) in [6.45, 7) is 4.43. The highest BCUT2D eigenvalue weighted by molar-refractivity contribution is 5.77. The van der Waals surface area contributed by atoms with Crippen molar-refractivity contribution in [2.45, 2.75) is 45.3 Å². The summed E-state index contributed by atoms with van der Waals surface area (Å²) in [5, 5.41) is 0. The molecule has 0 aliphatic heterocycles. The Labute approximate surface area is 115 Å². The molecule has 1 fully saturated rings. The van der Waals surface area contributed by atoms with Gasteiger partial charge in [-0.2, -0.15) is 0 Å². The first-order valence-corrected chi connectivity index (χ1v) is 7.07. The summed E-state index contributed by atoms with van der Waals surface area (Å²) in [5.74, 6) is 0.932. The molecule has 2 N–H and O–H groups in total. The van der Waals surface area contributed by atoms with Crippen LogP contribution in [0.5, 0.6) is 0 Å². The number of hydrogen-bond acceptors (Lipinski definition) is 3. The molecule has 1 aliphatic carbocycles. The van der Waals surface area contributed by atoms with Gasteiger partial charge in [-0.3, -0.25) is 0 Å². The lowest BCUT2D eigenvalue weighted by Gasteiger charge is -2.31. The molecule has 3 atom stereocenters. The van der Waals surface area contributed by atoms with Crippen LogP contribution in [-0.4, -0.2) is 12.1 Å². The van der Waals surface area contributed by atoms with Gasteiger partial charge in [0.15, 0.2) is 0 Å². The predicted molar refractivity (Wildman–Crippen MR) is 75.4 cm³/mol. The summed E-state index contributed by atoms with van der Waals surface area (Å²) in [4.78, 5) is 12.1. The molecule has 1 aromatic rings. The van der Waals surface area contributed by atoms with E-state index in [0.717, 1.165) is 18.4 Å². The van der Waals surface area contributed by atoms with E-state index in [0.29, 0.717) is 11.8 Å². The van der Waals surface area contributed by atoms with Crippen molar-refractivity contribution < 1.29 is 9.53 Å². The number of carbonyl (C=O) groups excluding carboxylic acids is 1. The van der Waals surface area contributed by atoms with Crippen LogP contribution < -0.4 is 5.73 Å². The Balaban J connectivity index is 1.93. The van der Waals surface area contributed by atoms with Gasteiger partial charge in [0.2, 0.25) is 0 Å². The number of carbonyl (C=O) groups is 1. The van der Waals surface area contributed by atoms with Gasteiger partial charge in [0.05, 0.1) is 0 Å². The van der Waals surface area contributed by atoms with Crippen LogP contribution in [0.2, 0.25) is 0 Å². The van der Waals surface area contributed by atoms with Crippen molar-refractivity contribution in [2.75, 3.05) is 0 Å². The summed E-state index contributed by atoms with van der Waals surface area (Å²) in [6.07, 6.45) is 3.16. The highest BCUT2D eigenvalue weighted by Crippen LogP contribution is 2.31. The van der Waals surface area contributed by atoms with Crippen LogP contribution in [0, 0.1) is 11.8 Å². The van der Waals surface area contributed by atoms with Crippen LogP contribution in [-0.2, 0) is 9.53 Å². The van der Waals surface area contributed by atoms with Gasteiger partial charge in [-0.25, -0.2) is 4.79 Å². The van der Waals surface area contributed by atoms with E-state index in [9.17, 15) is 4.79 Å². The van der Waals surface area contributed by atoms with Crippen molar-refractivity contribution in [3.8, 4) is 0 Å². The van der Waals surface area contributed by atoms with Crippen LogP contribution in [0.3, 0.4) is 0 Å². The molecule has 0 spiro atoms. The lowest BCUT2D eigenvalue weighted by Crippen LogP contribution is -2.32. The second-order valence-electron chi connectivity index (χ2n) is 5.86. The van der Waals surface area contributed by atoms with E-state index in [-0.39, 0.29) is 12.1 Å². The first-order valence-electron chi connectivity index (χ1n) is 7.07. The molecule has 104 valence electrons. The average molecular weight is 261 g/mol. The van der Waals surface area contributed by atoms with Gasteiger partial charge in [-0.1, -0.05) is 44.2 Å². The van der Waals surface area contributed by atoms with Gasteiger partial charge >= 0.3 is 5.97 Å². The summed E-state index contributed by atoms with van der Waals surface area (Å²) < 4.78 is 5.58. The number of nitrogens with two attached hydrogens (primary N) is 1. The molecule has 0 radical (unpaired) electrons. The average Bonchev–Trinajstić information content (AvgIpc) is 2.37. The van der Waals surface area contributed by atoms with E-state index < -0.39 is 6.04 Å². The van der Waals surface area contributed by atoms with E-state index in [2.05, 4.69) is 13.8 Å². The molecule has 1 aliphatic rings. The first kappa shape index (κ1) is 14.1. The number of hydrogen-bond donors (Lipinski definition) is 1. The third-order valence-electron chi connectivity index (χ3n) is 3.83. The van der Waals surface area contributed by atoms with Crippen LogP contribution in [0.4, 0.5) is 0 Å². The number of rotatable bonds is 3. The standard InChI is InChI=1S/C16H23NO2/c1-11-8-12(2)10-14(9-11)19-16(18)15(17)13-6-4-3-5-7-13/h3-7,11-12,14-15H,8-10,17H2,1-2H3/t11?,12?,14?,15-/m1/s1. The van der Waals surface area contributed by atoms with Crippen LogP contribution in [0.25, 0.3) is 0 Å². The Morgan fingerprint density at radius 2 is 1.74 bits per heavy atom. The fourth-order valence-corrected chi connectivity index (χ4v) is 3.00. The maximum absolute atomic E-state index is 12.1. The summed E-state index contributed by atoms with van der Waals surface area (Å²) in [6, 6.07) is 8.72. The van der Waals surface area contributed by atoms with Crippen molar-refractivity contribution in [1.29, 1.82) is 0 Å². The first-order chi connectivity index (χ1) is 9.06. The van der Waals surface area contributed by atoms with Gasteiger partial charge < -0.3 is 10.5 Å². The Hall–Kier alpha value is -1.35. The fourth-order valence-electron chi connectivity index (χ4n) is 3.00. The molecule has 0 amide bonds. The van der Waals surface area contributed by atoms with Crippen LogP contribution in [0.15, 0.2) is 30.3 Å². The van der Waals surface area contributed by atoms with E-state index in [1.807, 2.05) is 30.3 Å². The molecule has 1 saturated carbocycles. The molecule has 0 saturated heterocycles. The molecule has 1 aromatic carbocycles. The van der Waals surface area contributed by atoms with Crippen molar-refractivity contribution in [3.63, 3.8) is 0 Å². The van der Waals surface area contributed by atoms with Crippen molar-refractivity contribution in [3.05, 3.63) is 35.9 Å². The second kappa shape index (κ2) is 6.20. The predicted octanol–water partition coefficient (Wildman–Crippen LogP) is 3.05. The molecular weight excluding hydrogens is 238 g/mol. The minimum atomic E-state index is -0.672. The van der Waals surface area contributed by atoms with Gasteiger partial charge in [-0.05, 0) is 36.7 Å². The lowest BCUT2D eigenvalue weighted by atomic mass is 9.82. The Morgan fingerprint density at radius 1 is 1.16 bits per heavy atom. The Kier molecular flexibility index (Phi) is 4.59. The van der Waals surface area contributed by atoms with E-state index in [4.69, 9.17) is 10.5 Å². The largest absolute Gasteiger partial charge is 0.461 e. The van der Waals surface area contributed by atoms with Crippen molar-refractivity contribution >= 4 is 5.97 Å². The zero-order valence-electron chi connectivity index (χ0n) is 11.7. The smallest absolute Gasteiger partial charge is 0.327 e. The summed E-state index contributed by atoms with van der Waals surface area (Å²) in [7, 11) is 0. The van der Waals surface area contributed by atoms with E-state index >= 15 is 0 Å². The monoisotopic (exact) mass is 261 g/mol. The molecule has 0 bridgehead atoms. The maximum atomic E-state index is 12.1. The highest BCUT2D eigenvalue weighted by Gasteiger charge is 2.28. The highest BCUT2D eigenvalue weighted by atomic mass is 16.5. The van der Waals surface area contributed by atoms with Crippen LogP contribution >= 0.6 is 0 Å². The topological polar surface area (TPSA) is 52.3 Å². The zero-order chi connectivity index (χ0) is 13.8. The SMILES string of the molecule is CC1CC(C)CC(OC(=O)[C@H](N)c2ccccc2)C1. The quantitative estimate of drug-likeness (QED) is 0.851. The number of esters is 1. The minimum Gasteiger partial charge on any atom is -0.461 e. The minimum absolute atomic E-state index is 0.0287. The molecule has 3 nitrogen and oxygen atoms in total. The van der Waals surface area contributed by atoms with Crippen LogP contribution in [0.1, 0.15) is 44.7 Å². The maximum Gasteiger partial charge on any atom is 0.327 e. The van der Waals surface area contributed by atoms with Crippen molar-refractivity contribution in [2.24, 2.45) is 17.6 Å². The molecule has 0 heterocycles. The molecule has 2 unspecified atom stereocenters. The Bertz CT molecular complexity index is 408. The third-order valence-corrected chi connectivity index (χ3v) is 3.83. The number of benzene rings is 1. The Morgan fingerprint density at radius 3 is 2.32 bits per heavy atom. The zero-order valence-corrected chi connectivity index (χ0v) is 11.7.